The van der Waals surface area contributed by atoms with Crippen molar-refractivity contribution in [2.45, 2.75) is 13.5 Å². The highest BCUT2D eigenvalue weighted by Crippen LogP contribution is 2.27. The molecule has 0 spiro atoms. The number of ether oxygens (including phenoxy) is 1. The summed E-state index contributed by atoms with van der Waals surface area (Å²) in [4.78, 5) is 30.1. The van der Waals surface area contributed by atoms with Gasteiger partial charge in [0.05, 0.1) is 13.7 Å². The number of hydrogen-bond acceptors (Lipinski definition) is 4. The van der Waals surface area contributed by atoms with Crippen LogP contribution in [0.3, 0.4) is 0 Å². The lowest BCUT2D eigenvalue weighted by molar-refractivity contribution is -0.131. The maximum Gasteiger partial charge on any atom is 0.328 e. The average Bonchev–Trinajstić information content (AvgIpc) is 2.91. The monoisotopic (exact) mass is 478 g/mol. The molecule has 0 aliphatic rings. The minimum absolute atomic E-state index is 0.174. The fraction of sp³-hybridized carbons (Fsp3) is 0.100. The lowest BCUT2D eigenvalue weighted by atomic mass is 10.0. The number of carbonyl (C=O) groups excluding carboxylic acids is 1. The van der Waals surface area contributed by atoms with Gasteiger partial charge in [-0.25, -0.2) is 4.79 Å². The molecule has 1 N–H and O–H groups in total. The predicted molar refractivity (Wildman–Crippen MR) is 141 cm³/mol. The molecular weight excluding hydrogens is 452 g/mol. The Bertz CT molecular complexity index is 1400. The first-order valence-corrected chi connectivity index (χ1v) is 11.4. The highest BCUT2D eigenvalue weighted by Gasteiger charge is 2.18. The molecule has 0 aliphatic heterocycles. The van der Waals surface area contributed by atoms with Gasteiger partial charge >= 0.3 is 5.97 Å². The summed E-state index contributed by atoms with van der Waals surface area (Å²) in [6, 6.07) is 24.8. The Hall–Kier alpha value is -4.71. The van der Waals surface area contributed by atoms with E-state index in [0.717, 1.165) is 34.1 Å². The minimum atomic E-state index is -1.03. The fourth-order valence-electron chi connectivity index (χ4n) is 3.94. The van der Waals surface area contributed by atoms with Crippen molar-refractivity contribution < 1.29 is 19.4 Å². The quantitative estimate of drug-likeness (QED) is 0.314. The summed E-state index contributed by atoms with van der Waals surface area (Å²) >= 11 is 0. The van der Waals surface area contributed by atoms with Crippen LogP contribution in [0.15, 0.2) is 97.3 Å². The third-order valence-electron chi connectivity index (χ3n) is 5.80. The summed E-state index contributed by atoms with van der Waals surface area (Å²) in [5.41, 5.74) is 6.04. The van der Waals surface area contributed by atoms with Gasteiger partial charge in [0.15, 0.2) is 0 Å². The zero-order chi connectivity index (χ0) is 25.5. The van der Waals surface area contributed by atoms with Crippen LogP contribution >= 0.6 is 0 Å². The second-order valence-electron chi connectivity index (χ2n) is 8.28. The Balaban J connectivity index is 1.64. The van der Waals surface area contributed by atoms with Gasteiger partial charge in [-0.3, -0.25) is 9.78 Å². The van der Waals surface area contributed by atoms with Crippen LogP contribution in [-0.4, -0.2) is 29.1 Å². The Morgan fingerprint density at radius 2 is 1.67 bits per heavy atom. The van der Waals surface area contributed by atoms with Crippen molar-refractivity contribution >= 4 is 23.6 Å². The summed E-state index contributed by atoms with van der Waals surface area (Å²) < 4.78 is 5.36. The van der Waals surface area contributed by atoms with Crippen LogP contribution < -0.4 is 9.64 Å². The van der Waals surface area contributed by atoms with Gasteiger partial charge in [-0.1, -0.05) is 42.5 Å². The number of benzene rings is 3. The number of aryl methyl sites for hydroxylation is 1. The van der Waals surface area contributed by atoms with Gasteiger partial charge in [0, 0.05) is 29.7 Å². The molecule has 0 aliphatic carbocycles. The molecule has 4 aromatic rings. The number of carboxylic acids is 1. The summed E-state index contributed by atoms with van der Waals surface area (Å²) in [5, 5.41) is 8.97. The summed E-state index contributed by atoms with van der Waals surface area (Å²) in [7, 11) is 1.66. The molecule has 0 unspecified atom stereocenters. The molecule has 6 nitrogen and oxygen atoms in total. The maximum absolute atomic E-state index is 13.5. The number of nitrogens with zero attached hydrogens (tertiary/aromatic N) is 2. The first-order chi connectivity index (χ1) is 17.4. The van der Waals surface area contributed by atoms with E-state index in [9.17, 15) is 9.59 Å². The van der Waals surface area contributed by atoms with Crippen LogP contribution in [-0.2, 0) is 11.3 Å². The molecule has 6 heteroatoms. The van der Waals surface area contributed by atoms with Gasteiger partial charge in [0.1, 0.15) is 5.75 Å². The third-order valence-corrected chi connectivity index (χ3v) is 5.80. The van der Waals surface area contributed by atoms with E-state index in [1.165, 1.54) is 6.08 Å². The number of rotatable bonds is 8. The standard InChI is InChI=1S/C30H26N2O4/c1-21-18-26(11-12-28(21)36-2)24-9-6-23(7-10-24)20-32(30(35)25-14-16-31-17-15-25)27-5-3-4-22(19-27)8-13-29(33)34/h3-19H,20H2,1-2H3,(H,33,34). The van der Waals surface area contributed by atoms with Crippen molar-refractivity contribution in [3.05, 3.63) is 120 Å². The molecule has 0 saturated carbocycles. The van der Waals surface area contributed by atoms with Crippen LogP contribution in [0, 0.1) is 6.92 Å². The normalized spacial score (nSPS) is 10.8. The SMILES string of the molecule is COc1ccc(-c2ccc(CN(C(=O)c3ccncc3)c3cccc(C=CC(=O)O)c3)cc2)cc1C. The Kier molecular flexibility index (Phi) is 7.56. The molecular formula is C30H26N2O4. The number of carboxylic acid groups (broad SMARTS) is 1. The summed E-state index contributed by atoms with van der Waals surface area (Å²) in [5.74, 6) is -0.357. The summed E-state index contributed by atoms with van der Waals surface area (Å²) in [6.45, 7) is 2.36. The predicted octanol–water partition coefficient (Wildman–Crippen LogP) is 6.01. The number of carbonyl (C=O) groups is 2. The largest absolute Gasteiger partial charge is 0.496 e. The van der Waals surface area contributed by atoms with Gasteiger partial charge in [0.2, 0.25) is 0 Å². The van der Waals surface area contributed by atoms with E-state index < -0.39 is 5.97 Å². The van der Waals surface area contributed by atoms with E-state index in [0.29, 0.717) is 23.4 Å². The van der Waals surface area contributed by atoms with Crippen molar-refractivity contribution in [3.63, 3.8) is 0 Å². The highest BCUT2D eigenvalue weighted by molar-refractivity contribution is 6.06. The number of anilines is 1. The molecule has 1 aromatic heterocycles. The van der Waals surface area contributed by atoms with Crippen LogP contribution in [0.1, 0.15) is 27.0 Å². The first kappa shape index (κ1) is 24.4. The van der Waals surface area contributed by atoms with Gasteiger partial charge in [-0.05, 0) is 77.2 Å². The Morgan fingerprint density at radius 3 is 2.33 bits per heavy atom. The minimum Gasteiger partial charge on any atom is -0.496 e. The molecule has 1 heterocycles. The number of amides is 1. The van der Waals surface area contributed by atoms with Gasteiger partial charge in [-0.15, -0.1) is 0 Å². The molecule has 1 amide bonds. The zero-order valence-corrected chi connectivity index (χ0v) is 20.1. The number of aliphatic carboxylic acids is 1. The van der Waals surface area contributed by atoms with E-state index in [-0.39, 0.29) is 5.91 Å². The van der Waals surface area contributed by atoms with Crippen molar-refractivity contribution in [1.29, 1.82) is 0 Å². The van der Waals surface area contributed by atoms with Gasteiger partial charge in [-0.2, -0.15) is 0 Å². The first-order valence-electron chi connectivity index (χ1n) is 11.4. The molecule has 3 aromatic carbocycles. The highest BCUT2D eigenvalue weighted by atomic mass is 16.5. The van der Waals surface area contributed by atoms with Crippen molar-refractivity contribution in [2.24, 2.45) is 0 Å². The molecule has 4 rings (SSSR count). The fourth-order valence-corrected chi connectivity index (χ4v) is 3.94. The number of aromatic nitrogens is 1. The lowest BCUT2D eigenvalue weighted by Gasteiger charge is -2.24. The van der Waals surface area contributed by atoms with Crippen LogP contribution in [0.25, 0.3) is 17.2 Å². The molecule has 0 radical (unpaired) electrons. The van der Waals surface area contributed by atoms with Gasteiger partial charge < -0.3 is 14.7 Å². The van der Waals surface area contributed by atoms with Crippen LogP contribution in [0.5, 0.6) is 5.75 Å². The molecule has 0 saturated heterocycles. The van der Waals surface area contributed by atoms with E-state index in [2.05, 4.69) is 11.1 Å². The maximum atomic E-state index is 13.5. The van der Waals surface area contributed by atoms with Crippen molar-refractivity contribution in [3.8, 4) is 16.9 Å². The van der Waals surface area contributed by atoms with E-state index in [1.54, 1.807) is 54.7 Å². The third kappa shape index (κ3) is 5.85. The molecule has 180 valence electrons. The number of pyridine rings is 1. The summed E-state index contributed by atoms with van der Waals surface area (Å²) in [6.07, 6.45) is 5.76. The smallest absolute Gasteiger partial charge is 0.328 e. The molecule has 0 fully saturated rings. The molecule has 36 heavy (non-hydrogen) atoms. The van der Waals surface area contributed by atoms with E-state index in [1.807, 2.05) is 49.4 Å². The Labute approximate surface area is 210 Å². The lowest BCUT2D eigenvalue weighted by Crippen LogP contribution is -2.30. The molecule has 0 bridgehead atoms. The van der Waals surface area contributed by atoms with Crippen LogP contribution in [0.2, 0.25) is 0 Å². The van der Waals surface area contributed by atoms with Crippen molar-refractivity contribution in [1.82, 2.24) is 4.98 Å². The van der Waals surface area contributed by atoms with E-state index >= 15 is 0 Å². The number of hydrogen-bond donors (Lipinski definition) is 1. The zero-order valence-electron chi connectivity index (χ0n) is 20.1. The van der Waals surface area contributed by atoms with Crippen LogP contribution in [0.4, 0.5) is 5.69 Å². The Morgan fingerprint density at radius 1 is 0.944 bits per heavy atom. The molecule has 0 atom stereocenters. The van der Waals surface area contributed by atoms with E-state index in [4.69, 9.17) is 9.84 Å². The average molecular weight is 479 g/mol. The van der Waals surface area contributed by atoms with Gasteiger partial charge in [0.25, 0.3) is 5.91 Å². The van der Waals surface area contributed by atoms with Crippen molar-refractivity contribution in [2.75, 3.05) is 12.0 Å². The topological polar surface area (TPSA) is 79.7 Å². The second-order valence-corrected chi connectivity index (χ2v) is 8.28. The second kappa shape index (κ2) is 11.1. The number of methoxy groups -OCH3 is 1.